The first kappa shape index (κ1) is 15.7. The summed E-state index contributed by atoms with van der Waals surface area (Å²) in [5.41, 5.74) is 3.64. The second kappa shape index (κ2) is 6.85. The van der Waals surface area contributed by atoms with Crippen molar-refractivity contribution >= 4 is 0 Å². The summed E-state index contributed by atoms with van der Waals surface area (Å²) < 4.78 is 3.83. The van der Waals surface area contributed by atoms with Gasteiger partial charge in [0.2, 0.25) is 0 Å². The van der Waals surface area contributed by atoms with E-state index in [-0.39, 0.29) is 0 Å². The number of rotatable bonds is 7. The molecular formula is C15H26N6. The van der Waals surface area contributed by atoms with E-state index >= 15 is 0 Å². The first-order chi connectivity index (χ1) is 10.1. The number of nitrogens with zero attached hydrogens (tertiary/aromatic N) is 5. The van der Waals surface area contributed by atoms with Gasteiger partial charge in [0, 0.05) is 24.3 Å². The molecule has 1 unspecified atom stereocenters. The van der Waals surface area contributed by atoms with Gasteiger partial charge in [0.1, 0.15) is 18.7 Å². The van der Waals surface area contributed by atoms with Crippen molar-refractivity contribution in [3.8, 4) is 0 Å². The van der Waals surface area contributed by atoms with Crippen LogP contribution in [-0.2, 0) is 13.6 Å². The van der Waals surface area contributed by atoms with Gasteiger partial charge in [-0.3, -0.25) is 9.36 Å². The molecule has 0 bridgehead atoms. The summed E-state index contributed by atoms with van der Waals surface area (Å²) in [6.07, 6.45) is 3.79. The van der Waals surface area contributed by atoms with Crippen molar-refractivity contribution in [3.63, 3.8) is 0 Å². The largest absolute Gasteiger partial charge is 0.310 e. The Bertz CT molecular complexity index is 583. The van der Waals surface area contributed by atoms with Crippen LogP contribution in [0.1, 0.15) is 55.5 Å². The van der Waals surface area contributed by atoms with Crippen LogP contribution in [0.2, 0.25) is 0 Å². The molecule has 0 spiro atoms. The van der Waals surface area contributed by atoms with E-state index in [0.29, 0.717) is 12.6 Å². The summed E-state index contributed by atoms with van der Waals surface area (Å²) in [6.45, 7) is 10.3. The molecule has 2 rings (SSSR count). The quantitative estimate of drug-likeness (QED) is 0.848. The molecule has 0 aliphatic carbocycles. The second-order valence-electron chi connectivity index (χ2n) is 5.46. The third-order valence-electron chi connectivity index (χ3n) is 3.93. The summed E-state index contributed by atoms with van der Waals surface area (Å²) in [5.74, 6) is 0.918. The number of hydrogen-bond acceptors (Lipinski definition) is 4. The first-order valence-electron chi connectivity index (χ1n) is 7.68. The molecule has 6 nitrogen and oxygen atoms in total. The third-order valence-corrected chi connectivity index (χ3v) is 3.93. The number of aryl methyl sites for hydroxylation is 2. The average Bonchev–Trinajstić information content (AvgIpc) is 2.98. The molecule has 1 atom stereocenters. The van der Waals surface area contributed by atoms with Crippen LogP contribution >= 0.6 is 0 Å². The maximum atomic E-state index is 4.70. The Morgan fingerprint density at radius 1 is 1.29 bits per heavy atom. The molecule has 0 aliphatic rings. The maximum absolute atomic E-state index is 4.70. The van der Waals surface area contributed by atoms with E-state index in [1.54, 1.807) is 11.0 Å². The van der Waals surface area contributed by atoms with Crippen LogP contribution in [0.15, 0.2) is 6.33 Å². The summed E-state index contributed by atoms with van der Waals surface area (Å²) in [4.78, 5) is 4.28. The van der Waals surface area contributed by atoms with E-state index in [2.05, 4.69) is 43.1 Å². The Balaban J connectivity index is 2.26. The Morgan fingerprint density at radius 2 is 2.05 bits per heavy atom. The van der Waals surface area contributed by atoms with Crippen molar-refractivity contribution in [1.82, 2.24) is 29.9 Å². The Hall–Kier alpha value is -1.69. The van der Waals surface area contributed by atoms with Gasteiger partial charge in [0.25, 0.3) is 0 Å². The molecule has 0 aromatic carbocycles. The minimum Gasteiger partial charge on any atom is -0.310 e. The molecule has 116 valence electrons. The van der Waals surface area contributed by atoms with Gasteiger partial charge in [0.15, 0.2) is 0 Å². The van der Waals surface area contributed by atoms with Gasteiger partial charge in [-0.15, -0.1) is 0 Å². The minimum absolute atomic E-state index is 0.373. The first-order valence-corrected chi connectivity index (χ1v) is 7.68. The Kier molecular flexibility index (Phi) is 5.12. The average molecular weight is 290 g/mol. The zero-order chi connectivity index (χ0) is 15.4. The lowest BCUT2D eigenvalue weighted by Crippen LogP contribution is -2.22. The lowest BCUT2D eigenvalue weighted by atomic mass is 10.0. The molecule has 2 heterocycles. The fraction of sp³-hybridized carbons (Fsp3) is 0.667. The molecule has 0 amide bonds. The molecule has 2 aromatic heterocycles. The van der Waals surface area contributed by atoms with E-state index in [0.717, 1.165) is 30.9 Å². The van der Waals surface area contributed by atoms with Gasteiger partial charge < -0.3 is 5.32 Å². The third kappa shape index (κ3) is 3.32. The topological polar surface area (TPSA) is 60.6 Å². The molecule has 2 aromatic rings. The Labute approximate surface area is 126 Å². The van der Waals surface area contributed by atoms with E-state index in [4.69, 9.17) is 5.10 Å². The zero-order valence-corrected chi connectivity index (χ0v) is 13.7. The predicted octanol–water partition coefficient (Wildman–Crippen LogP) is 2.13. The maximum Gasteiger partial charge on any atom is 0.148 e. The smallest absolute Gasteiger partial charge is 0.148 e. The number of aromatic nitrogens is 5. The highest BCUT2D eigenvalue weighted by Crippen LogP contribution is 2.24. The highest BCUT2D eigenvalue weighted by atomic mass is 15.4. The van der Waals surface area contributed by atoms with Gasteiger partial charge >= 0.3 is 0 Å². The lowest BCUT2D eigenvalue weighted by molar-refractivity contribution is 0.512. The van der Waals surface area contributed by atoms with E-state index in [1.165, 1.54) is 11.3 Å². The molecule has 6 heteroatoms. The fourth-order valence-corrected chi connectivity index (χ4v) is 2.74. The van der Waals surface area contributed by atoms with Crippen LogP contribution in [0.3, 0.4) is 0 Å². The van der Waals surface area contributed by atoms with Crippen molar-refractivity contribution in [3.05, 3.63) is 29.1 Å². The van der Waals surface area contributed by atoms with Gasteiger partial charge in [-0.05, 0) is 33.2 Å². The van der Waals surface area contributed by atoms with Crippen molar-refractivity contribution < 1.29 is 0 Å². The number of hydrogen-bond donors (Lipinski definition) is 1. The number of nitrogens with one attached hydrogen (secondary N) is 1. The molecule has 0 aliphatic heterocycles. The van der Waals surface area contributed by atoms with Crippen molar-refractivity contribution in [1.29, 1.82) is 0 Å². The van der Waals surface area contributed by atoms with Crippen LogP contribution in [0, 0.1) is 13.8 Å². The SMILES string of the molecule is CCCNC(CC)c1c(C)nn(Cc2ncnn2C)c1C. The molecule has 0 saturated heterocycles. The van der Waals surface area contributed by atoms with Crippen LogP contribution < -0.4 is 5.32 Å². The summed E-state index contributed by atoms with van der Waals surface area (Å²) in [5, 5.41) is 12.4. The molecular weight excluding hydrogens is 264 g/mol. The predicted molar refractivity (Wildman–Crippen MR) is 83.1 cm³/mol. The van der Waals surface area contributed by atoms with Crippen LogP contribution in [0.4, 0.5) is 0 Å². The molecule has 0 radical (unpaired) electrons. The van der Waals surface area contributed by atoms with Crippen molar-refractivity contribution in [2.45, 2.75) is 53.1 Å². The van der Waals surface area contributed by atoms with Crippen LogP contribution in [0.25, 0.3) is 0 Å². The van der Waals surface area contributed by atoms with Gasteiger partial charge in [-0.1, -0.05) is 13.8 Å². The highest BCUT2D eigenvalue weighted by Gasteiger charge is 2.19. The van der Waals surface area contributed by atoms with Gasteiger partial charge in [-0.2, -0.15) is 10.2 Å². The standard InChI is InChI=1S/C15H26N6/c1-6-8-16-13(7-2)15-11(3)19-21(12(15)4)9-14-17-10-18-20(14)5/h10,13,16H,6-9H2,1-5H3. The normalized spacial score (nSPS) is 12.8. The Morgan fingerprint density at radius 3 is 2.62 bits per heavy atom. The highest BCUT2D eigenvalue weighted by molar-refractivity contribution is 5.28. The summed E-state index contributed by atoms with van der Waals surface area (Å²) >= 11 is 0. The molecule has 1 N–H and O–H groups in total. The summed E-state index contributed by atoms with van der Waals surface area (Å²) in [6, 6.07) is 0.373. The molecule has 21 heavy (non-hydrogen) atoms. The fourth-order valence-electron chi connectivity index (χ4n) is 2.74. The van der Waals surface area contributed by atoms with E-state index in [1.807, 2.05) is 11.7 Å². The molecule has 0 fully saturated rings. The second-order valence-corrected chi connectivity index (χ2v) is 5.46. The van der Waals surface area contributed by atoms with Gasteiger partial charge in [0.05, 0.1) is 5.69 Å². The van der Waals surface area contributed by atoms with E-state index in [9.17, 15) is 0 Å². The summed E-state index contributed by atoms with van der Waals surface area (Å²) in [7, 11) is 1.91. The minimum atomic E-state index is 0.373. The van der Waals surface area contributed by atoms with Crippen LogP contribution in [0.5, 0.6) is 0 Å². The molecule has 0 saturated carbocycles. The monoisotopic (exact) mass is 290 g/mol. The van der Waals surface area contributed by atoms with E-state index < -0.39 is 0 Å². The van der Waals surface area contributed by atoms with Gasteiger partial charge in [-0.25, -0.2) is 4.98 Å². The lowest BCUT2D eigenvalue weighted by Gasteiger charge is -2.17. The van der Waals surface area contributed by atoms with Crippen LogP contribution in [-0.4, -0.2) is 31.1 Å². The van der Waals surface area contributed by atoms with Crippen molar-refractivity contribution in [2.75, 3.05) is 6.54 Å². The van der Waals surface area contributed by atoms with Crippen molar-refractivity contribution in [2.24, 2.45) is 7.05 Å². The zero-order valence-electron chi connectivity index (χ0n) is 13.7.